The van der Waals surface area contributed by atoms with Gasteiger partial charge in [-0.15, -0.1) is 10.2 Å². The lowest BCUT2D eigenvalue weighted by molar-refractivity contribution is 0.371. The molecule has 0 fully saturated rings. The third-order valence-electron chi connectivity index (χ3n) is 3.09. The van der Waals surface area contributed by atoms with Crippen molar-refractivity contribution < 1.29 is 0 Å². The van der Waals surface area contributed by atoms with Crippen molar-refractivity contribution in [2.45, 2.75) is 77.1 Å². The Labute approximate surface area is 120 Å². The quantitative estimate of drug-likeness (QED) is 0.550. The van der Waals surface area contributed by atoms with Gasteiger partial charge in [0.2, 0.25) is 0 Å². The smallest absolute Gasteiger partial charge is 0.144 e. The van der Waals surface area contributed by atoms with E-state index >= 15 is 0 Å². The van der Waals surface area contributed by atoms with Crippen LogP contribution in [0.25, 0.3) is 0 Å². The van der Waals surface area contributed by atoms with E-state index in [9.17, 15) is 0 Å². The first-order chi connectivity index (χ1) is 8.50. The zero-order valence-electron chi connectivity index (χ0n) is 12.2. The third-order valence-corrected chi connectivity index (χ3v) is 3.59. The Morgan fingerprint density at radius 3 is 2.17 bits per heavy atom. The molecule has 1 aromatic heterocycles. The standard InChI is InChI=1S/C14H26BrN3/c1-5-6-7-8-9-10-12-16-17-13(11-15)18(12)14(2,3)4/h5-11H2,1-4H3. The lowest BCUT2D eigenvalue weighted by Crippen LogP contribution is -2.26. The third kappa shape index (κ3) is 4.38. The second-order valence-electron chi connectivity index (χ2n) is 5.84. The molecule has 0 aliphatic rings. The maximum atomic E-state index is 4.35. The molecule has 0 radical (unpaired) electrons. The van der Waals surface area contributed by atoms with Gasteiger partial charge in [-0.3, -0.25) is 0 Å². The van der Waals surface area contributed by atoms with E-state index in [0.29, 0.717) is 0 Å². The fourth-order valence-electron chi connectivity index (χ4n) is 2.26. The molecule has 0 bridgehead atoms. The van der Waals surface area contributed by atoms with Gasteiger partial charge in [0.25, 0.3) is 0 Å². The van der Waals surface area contributed by atoms with Crippen LogP contribution in [0.4, 0.5) is 0 Å². The summed E-state index contributed by atoms with van der Waals surface area (Å²) in [6, 6.07) is 0. The van der Waals surface area contributed by atoms with E-state index in [2.05, 4.69) is 58.4 Å². The predicted octanol–water partition coefficient (Wildman–Crippen LogP) is 4.44. The van der Waals surface area contributed by atoms with E-state index in [4.69, 9.17) is 0 Å². The highest BCUT2D eigenvalue weighted by atomic mass is 79.9. The Hall–Kier alpha value is -0.380. The van der Waals surface area contributed by atoms with Crippen molar-refractivity contribution in [3.05, 3.63) is 11.6 Å². The monoisotopic (exact) mass is 315 g/mol. The number of halogens is 1. The van der Waals surface area contributed by atoms with E-state index in [0.717, 1.165) is 23.4 Å². The molecule has 104 valence electrons. The maximum Gasteiger partial charge on any atom is 0.144 e. The van der Waals surface area contributed by atoms with Crippen LogP contribution in [0.1, 0.15) is 71.4 Å². The van der Waals surface area contributed by atoms with Gasteiger partial charge in [0, 0.05) is 12.0 Å². The van der Waals surface area contributed by atoms with Crippen molar-refractivity contribution in [2.24, 2.45) is 0 Å². The van der Waals surface area contributed by atoms with E-state index in [1.54, 1.807) is 0 Å². The summed E-state index contributed by atoms with van der Waals surface area (Å²) in [7, 11) is 0. The van der Waals surface area contributed by atoms with Crippen molar-refractivity contribution in [3.63, 3.8) is 0 Å². The number of aromatic nitrogens is 3. The molecule has 0 aromatic carbocycles. The Morgan fingerprint density at radius 1 is 1.00 bits per heavy atom. The normalized spacial score (nSPS) is 12.1. The van der Waals surface area contributed by atoms with Crippen LogP contribution in [-0.2, 0) is 17.3 Å². The molecule has 1 heterocycles. The van der Waals surface area contributed by atoms with Crippen molar-refractivity contribution >= 4 is 15.9 Å². The Kier molecular flexibility index (Phi) is 6.33. The van der Waals surface area contributed by atoms with Gasteiger partial charge in [0.1, 0.15) is 11.6 Å². The van der Waals surface area contributed by atoms with E-state index in [1.165, 1.54) is 32.1 Å². The van der Waals surface area contributed by atoms with E-state index in [1.807, 2.05) is 0 Å². The molecule has 0 unspecified atom stereocenters. The van der Waals surface area contributed by atoms with Crippen molar-refractivity contribution in [3.8, 4) is 0 Å². The van der Waals surface area contributed by atoms with Gasteiger partial charge in [-0.1, -0.05) is 48.5 Å². The van der Waals surface area contributed by atoms with Gasteiger partial charge < -0.3 is 4.57 Å². The summed E-state index contributed by atoms with van der Waals surface area (Å²) in [6.07, 6.45) is 7.54. The average molecular weight is 316 g/mol. The van der Waals surface area contributed by atoms with Crippen LogP contribution < -0.4 is 0 Å². The lowest BCUT2D eigenvalue weighted by atomic mass is 10.1. The van der Waals surface area contributed by atoms with E-state index in [-0.39, 0.29) is 5.54 Å². The van der Waals surface area contributed by atoms with Gasteiger partial charge in [0.05, 0.1) is 5.33 Å². The molecule has 18 heavy (non-hydrogen) atoms. The van der Waals surface area contributed by atoms with E-state index < -0.39 is 0 Å². The minimum atomic E-state index is 0.0609. The molecular weight excluding hydrogens is 290 g/mol. The highest BCUT2D eigenvalue weighted by Gasteiger charge is 2.21. The minimum Gasteiger partial charge on any atom is -0.309 e. The number of rotatable bonds is 7. The van der Waals surface area contributed by atoms with Gasteiger partial charge in [-0.2, -0.15) is 0 Å². The van der Waals surface area contributed by atoms with Crippen molar-refractivity contribution in [2.75, 3.05) is 0 Å². The van der Waals surface area contributed by atoms with Crippen LogP contribution in [-0.4, -0.2) is 14.8 Å². The van der Waals surface area contributed by atoms with Gasteiger partial charge in [-0.05, 0) is 27.2 Å². The molecule has 0 atom stereocenters. The van der Waals surface area contributed by atoms with Crippen LogP contribution in [0.15, 0.2) is 0 Å². The first kappa shape index (κ1) is 15.7. The molecule has 0 saturated carbocycles. The highest BCUT2D eigenvalue weighted by Crippen LogP contribution is 2.21. The average Bonchev–Trinajstić information content (AvgIpc) is 2.71. The molecule has 1 aromatic rings. The fraction of sp³-hybridized carbons (Fsp3) is 0.857. The minimum absolute atomic E-state index is 0.0609. The summed E-state index contributed by atoms with van der Waals surface area (Å²) in [4.78, 5) is 0. The molecule has 0 saturated heterocycles. The van der Waals surface area contributed by atoms with Crippen LogP contribution in [0.2, 0.25) is 0 Å². The van der Waals surface area contributed by atoms with Crippen LogP contribution in [0.3, 0.4) is 0 Å². The molecule has 1 rings (SSSR count). The number of nitrogens with zero attached hydrogens (tertiary/aromatic N) is 3. The Morgan fingerprint density at radius 2 is 1.61 bits per heavy atom. The first-order valence-corrected chi connectivity index (χ1v) is 8.12. The summed E-state index contributed by atoms with van der Waals surface area (Å²) in [5, 5.41) is 9.41. The van der Waals surface area contributed by atoms with Crippen LogP contribution >= 0.6 is 15.9 Å². The van der Waals surface area contributed by atoms with Gasteiger partial charge >= 0.3 is 0 Å². The summed E-state index contributed by atoms with van der Waals surface area (Å²) < 4.78 is 2.28. The van der Waals surface area contributed by atoms with Crippen LogP contribution in [0, 0.1) is 0 Å². The van der Waals surface area contributed by atoms with Gasteiger partial charge in [0.15, 0.2) is 0 Å². The van der Waals surface area contributed by atoms with Crippen molar-refractivity contribution in [1.29, 1.82) is 0 Å². The Bertz CT molecular complexity index is 352. The zero-order chi connectivity index (χ0) is 13.6. The summed E-state index contributed by atoms with van der Waals surface area (Å²) >= 11 is 3.49. The summed E-state index contributed by atoms with van der Waals surface area (Å²) in [6.45, 7) is 8.88. The second kappa shape index (κ2) is 7.27. The molecule has 0 amide bonds. The summed E-state index contributed by atoms with van der Waals surface area (Å²) in [5.41, 5.74) is 0.0609. The highest BCUT2D eigenvalue weighted by molar-refractivity contribution is 9.08. The lowest BCUT2D eigenvalue weighted by Gasteiger charge is -2.24. The molecule has 0 spiro atoms. The molecule has 4 heteroatoms. The molecule has 0 aliphatic heterocycles. The number of aryl methyl sites for hydroxylation is 1. The Balaban J connectivity index is 2.63. The summed E-state index contributed by atoms with van der Waals surface area (Å²) in [5.74, 6) is 2.17. The number of hydrogen-bond acceptors (Lipinski definition) is 2. The molecular formula is C14H26BrN3. The largest absolute Gasteiger partial charge is 0.309 e. The van der Waals surface area contributed by atoms with Crippen LogP contribution in [0.5, 0.6) is 0 Å². The van der Waals surface area contributed by atoms with Crippen molar-refractivity contribution in [1.82, 2.24) is 14.8 Å². The molecule has 0 N–H and O–H groups in total. The second-order valence-corrected chi connectivity index (χ2v) is 6.40. The zero-order valence-corrected chi connectivity index (χ0v) is 13.8. The maximum absolute atomic E-state index is 4.35. The van der Waals surface area contributed by atoms with Gasteiger partial charge in [-0.25, -0.2) is 0 Å². The molecule has 3 nitrogen and oxygen atoms in total. The predicted molar refractivity (Wildman–Crippen MR) is 80.1 cm³/mol. The first-order valence-electron chi connectivity index (χ1n) is 7.00. The number of alkyl halides is 1. The topological polar surface area (TPSA) is 30.7 Å². The SMILES string of the molecule is CCCCCCCc1nnc(CBr)n1C(C)(C)C. The number of hydrogen-bond donors (Lipinski definition) is 0. The number of unbranched alkanes of at least 4 members (excludes halogenated alkanes) is 4. The fourth-order valence-corrected chi connectivity index (χ4v) is 2.63. The molecule has 0 aliphatic carbocycles.